The molecule has 0 saturated heterocycles. The van der Waals surface area contributed by atoms with E-state index >= 15 is 0 Å². The van der Waals surface area contributed by atoms with Crippen molar-refractivity contribution in [2.45, 2.75) is 20.8 Å². The molecule has 1 amide bonds. The molecule has 0 radical (unpaired) electrons. The van der Waals surface area contributed by atoms with Gasteiger partial charge in [-0.1, -0.05) is 6.92 Å². The first kappa shape index (κ1) is 13.7. The van der Waals surface area contributed by atoms with Gasteiger partial charge in [0, 0.05) is 19.0 Å². The van der Waals surface area contributed by atoms with E-state index in [9.17, 15) is 4.79 Å². The molecule has 0 aromatic carbocycles. The van der Waals surface area contributed by atoms with E-state index in [0.717, 1.165) is 13.1 Å². The van der Waals surface area contributed by atoms with Gasteiger partial charge in [0.1, 0.15) is 0 Å². The van der Waals surface area contributed by atoms with Crippen LogP contribution in [-0.4, -0.2) is 43.4 Å². The molecule has 0 aromatic rings. The van der Waals surface area contributed by atoms with Crippen LogP contribution in [0.2, 0.25) is 0 Å². The fraction of sp³-hybridized carbons (Fsp3) is 0.900. The van der Waals surface area contributed by atoms with Crippen LogP contribution >= 0.6 is 11.6 Å². The van der Waals surface area contributed by atoms with Crippen molar-refractivity contribution in [2.75, 3.05) is 32.6 Å². The largest absolute Gasteiger partial charge is 0.354 e. The second kappa shape index (κ2) is 6.25. The summed E-state index contributed by atoms with van der Waals surface area (Å²) in [5.74, 6) is 0.375. The minimum Gasteiger partial charge on any atom is -0.354 e. The van der Waals surface area contributed by atoms with Gasteiger partial charge in [0.2, 0.25) is 5.91 Å². The Balaban J connectivity index is 3.75. The summed E-state index contributed by atoms with van der Waals surface area (Å²) < 4.78 is 0. The molecule has 0 spiro atoms. The summed E-state index contributed by atoms with van der Waals surface area (Å²) in [6.45, 7) is 8.33. The Morgan fingerprint density at radius 2 is 2.07 bits per heavy atom. The van der Waals surface area contributed by atoms with E-state index in [1.165, 1.54) is 0 Å². The molecule has 1 N–H and O–H groups in total. The second-order valence-corrected chi connectivity index (χ2v) is 4.44. The maximum Gasteiger partial charge on any atom is 0.226 e. The Labute approximate surface area is 91.8 Å². The van der Waals surface area contributed by atoms with Crippen LogP contribution in [-0.2, 0) is 4.79 Å². The summed E-state index contributed by atoms with van der Waals surface area (Å²) in [5, 5.41) is 2.87. The molecule has 0 unspecified atom stereocenters. The first-order valence-electron chi connectivity index (χ1n) is 4.97. The quantitative estimate of drug-likeness (QED) is 0.685. The van der Waals surface area contributed by atoms with E-state index in [2.05, 4.69) is 17.1 Å². The molecular weight excluding hydrogens is 200 g/mol. The van der Waals surface area contributed by atoms with Crippen molar-refractivity contribution < 1.29 is 4.79 Å². The highest BCUT2D eigenvalue weighted by Gasteiger charge is 2.25. The molecule has 3 nitrogen and oxygen atoms in total. The van der Waals surface area contributed by atoms with Crippen molar-refractivity contribution in [3.05, 3.63) is 0 Å². The molecule has 0 aromatic heterocycles. The maximum atomic E-state index is 11.6. The Morgan fingerprint density at radius 3 is 2.50 bits per heavy atom. The smallest absolute Gasteiger partial charge is 0.226 e. The zero-order valence-corrected chi connectivity index (χ0v) is 10.3. The van der Waals surface area contributed by atoms with E-state index in [0.29, 0.717) is 12.4 Å². The summed E-state index contributed by atoms with van der Waals surface area (Å²) in [6.07, 6.45) is 0. The summed E-state index contributed by atoms with van der Waals surface area (Å²) >= 11 is 5.69. The Bertz CT molecular complexity index is 183. The van der Waals surface area contributed by atoms with Crippen LogP contribution in [0, 0.1) is 5.41 Å². The Morgan fingerprint density at radius 1 is 1.50 bits per heavy atom. The number of amides is 1. The third-order valence-electron chi connectivity index (χ3n) is 2.27. The van der Waals surface area contributed by atoms with E-state index in [-0.39, 0.29) is 5.91 Å². The number of carbonyl (C=O) groups is 1. The van der Waals surface area contributed by atoms with Crippen LogP contribution in [0.15, 0.2) is 0 Å². The average molecular weight is 221 g/mol. The predicted octanol–water partition coefficient (Wildman–Crippen LogP) is 1.32. The highest BCUT2D eigenvalue weighted by Crippen LogP contribution is 2.16. The van der Waals surface area contributed by atoms with E-state index in [1.807, 2.05) is 20.9 Å². The first-order valence-corrected chi connectivity index (χ1v) is 5.50. The minimum atomic E-state index is -0.466. The molecule has 0 saturated carbocycles. The number of nitrogens with zero attached hydrogens (tertiary/aromatic N) is 1. The molecule has 14 heavy (non-hydrogen) atoms. The van der Waals surface area contributed by atoms with Gasteiger partial charge in [-0.15, -0.1) is 11.6 Å². The zero-order valence-electron chi connectivity index (χ0n) is 9.56. The first-order chi connectivity index (χ1) is 6.44. The topological polar surface area (TPSA) is 32.3 Å². The highest BCUT2D eigenvalue weighted by molar-refractivity contribution is 6.19. The monoisotopic (exact) mass is 220 g/mol. The third-order valence-corrected chi connectivity index (χ3v) is 2.94. The lowest BCUT2D eigenvalue weighted by molar-refractivity contribution is -0.128. The number of rotatable bonds is 6. The maximum absolute atomic E-state index is 11.6. The molecule has 0 aliphatic rings. The number of nitrogens with one attached hydrogen (secondary N) is 1. The molecule has 84 valence electrons. The zero-order chi connectivity index (χ0) is 11.2. The van der Waals surface area contributed by atoms with Crippen molar-refractivity contribution in [1.29, 1.82) is 0 Å². The third kappa shape index (κ3) is 4.82. The predicted molar refractivity (Wildman–Crippen MR) is 60.7 cm³/mol. The highest BCUT2D eigenvalue weighted by atomic mass is 35.5. The lowest BCUT2D eigenvalue weighted by atomic mass is 9.95. The van der Waals surface area contributed by atoms with Crippen LogP contribution in [0.5, 0.6) is 0 Å². The molecule has 0 atom stereocenters. The molecule has 0 heterocycles. The van der Waals surface area contributed by atoms with Crippen LogP contribution in [0.3, 0.4) is 0 Å². The number of likely N-dealkylation sites (N-methyl/N-ethyl adjacent to an activating group) is 1. The van der Waals surface area contributed by atoms with Crippen LogP contribution in [0.4, 0.5) is 0 Å². The molecule has 4 heteroatoms. The number of hydrogen-bond acceptors (Lipinski definition) is 2. The standard InChI is InChI=1S/C10H21ClN2O/c1-5-13(4)7-6-12-9(14)10(2,3)8-11/h5-8H2,1-4H3,(H,12,14). The number of halogens is 1. The van der Waals surface area contributed by atoms with E-state index < -0.39 is 5.41 Å². The molecule has 0 fully saturated rings. The van der Waals surface area contributed by atoms with Gasteiger partial charge in [-0.05, 0) is 27.4 Å². The van der Waals surface area contributed by atoms with Crippen molar-refractivity contribution in [3.8, 4) is 0 Å². The summed E-state index contributed by atoms with van der Waals surface area (Å²) in [7, 11) is 2.03. The molecule has 0 aliphatic carbocycles. The molecular formula is C10H21ClN2O. The molecule has 0 rings (SSSR count). The summed E-state index contributed by atoms with van der Waals surface area (Å²) in [4.78, 5) is 13.7. The fourth-order valence-electron chi connectivity index (χ4n) is 0.818. The Kier molecular flexibility index (Phi) is 6.12. The van der Waals surface area contributed by atoms with Crippen molar-refractivity contribution >= 4 is 17.5 Å². The SMILES string of the molecule is CCN(C)CCNC(=O)C(C)(C)CCl. The van der Waals surface area contributed by atoms with E-state index in [1.54, 1.807) is 0 Å². The van der Waals surface area contributed by atoms with Gasteiger partial charge >= 0.3 is 0 Å². The van der Waals surface area contributed by atoms with Crippen molar-refractivity contribution in [3.63, 3.8) is 0 Å². The molecule has 0 aliphatic heterocycles. The summed E-state index contributed by atoms with van der Waals surface area (Å²) in [5.41, 5.74) is -0.466. The van der Waals surface area contributed by atoms with Gasteiger partial charge in [-0.25, -0.2) is 0 Å². The summed E-state index contributed by atoms with van der Waals surface area (Å²) in [6, 6.07) is 0. The lowest BCUT2D eigenvalue weighted by Gasteiger charge is -2.21. The van der Waals surface area contributed by atoms with Crippen molar-refractivity contribution in [1.82, 2.24) is 10.2 Å². The van der Waals surface area contributed by atoms with E-state index in [4.69, 9.17) is 11.6 Å². The normalized spacial score (nSPS) is 11.9. The fourth-order valence-corrected chi connectivity index (χ4v) is 0.940. The van der Waals surface area contributed by atoms with Gasteiger partial charge in [0.15, 0.2) is 0 Å². The van der Waals surface area contributed by atoms with Gasteiger partial charge < -0.3 is 10.2 Å². The minimum absolute atomic E-state index is 0.0250. The molecule has 0 bridgehead atoms. The number of alkyl halides is 1. The van der Waals surface area contributed by atoms with Gasteiger partial charge in [0.05, 0.1) is 5.41 Å². The van der Waals surface area contributed by atoms with Gasteiger partial charge in [-0.3, -0.25) is 4.79 Å². The van der Waals surface area contributed by atoms with Crippen LogP contribution < -0.4 is 5.32 Å². The number of carbonyl (C=O) groups excluding carboxylic acids is 1. The lowest BCUT2D eigenvalue weighted by Crippen LogP contribution is -2.41. The Hall–Kier alpha value is -0.280. The van der Waals surface area contributed by atoms with Crippen LogP contribution in [0.25, 0.3) is 0 Å². The van der Waals surface area contributed by atoms with Crippen molar-refractivity contribution in [2.24, 2.45) is 5.41 Å². The second-order valence-electron chi connectivity index (χ2n) is 4.17. The van der Waals surface area contributed by atoms with Gasteiger partial charge in [-0.2, -0.15) is 0 Å². The van der Waals surface area contributed by atoms with Gasteiger partial charge in [0.25, 0.3) is 0 Å². The number of hydrogen-bond donors (Lipinski definition) is 1. The average Bonchev–Trinajstić information content (AvgIpc) is 2.17. The van der Waals surface area contributed by atoms with Crippen LogP contribution in [0.1, 0.15) is 20.8 Å².